The predicted octanol–water partition coefficient (Wildman–Crippen LogP) is 1.93. The standard InChI is InChI=1S/C28H32N2O9S/c29-40(34,35)24-3-1-2-20(10-24)14-36-16-23-17-38-27-7-4-19(11-28(27)39-23)8-9-30-13-26(33)21-5-6-25(32)22(12-21)15-37-18-31/h1-7,10-12,18,23,26,30,32-33H,8-9,13-17H2,(H2,29,34,35)/t23-,26+/m1/s1. The minimum atomic E-state index is -3.78. The zero-order chi connectivity index (χ0) is 28.5. The summed E-state index contributed by atoms with van der Waals surface area (Å²) in [5, 5.41) is 28.8. The molecule has 3 aromatic rings. The number of carbonyl (C=O) groups excluding carboxylic acids is 1. The van der Waals surface area contributed by atoms with Gasteiger partial charge in [0.1, 0.15) is 19.0 Å². The van der Waals surface area contributed by atoms with E-state index in [0.29, 0.717) is 60.8 Å². The Bertz CT molecular complexity index is 1410. The van der Waals surface area contributed by atoms with Gasteiger partial charge < -0.3 is 34.5 Å². The van der Waals surface area contributed by atoms with Crippen molar-refractivity contribution in [3.8, 4) is 17.2 Å². The number of aromatic hydroxyl groups is 1. The maximum absolute atomic E-state index is 11.5. The molecule has 0 saturated carbocycles. The van der Waals surface area contributed by atoms with Gasteiger partial charge in [0.15, 0.2) is 17.6 Å². The smallest absolute Gasteiger partial charge is 0.293 e. The molecular weight excluding hydrogens is 540 g/mol. The molecule has 0 amide bonds. The Hall–Kier alpha value is -3.68. The molecule has 0 fully saturated rings. The van der Waals surface area contributed by atoms with Gasteiger partial charge >= 0.3 is 0 Å². The van der Waals surface area contributed by atoms with Crippen LogP contribution in [0.3, 0.4) is 0 Å². The number of rotatable bonds is 14. The van der Waals surface area contributed by atoms with Crippen molar-refractivity contribution in [1.29, 1.82) is 0 Å². The molecule has 4 rings (SSSR count). The van der Waals surface area contributed by atoms with E-state index >= 15 is 0 Å². The van der Waals surface area contributed by atoms with Crippen molar-refractivity contribution < 1.29 is 42.4 Å². The molecular formula is C28H32N2O9S. The van der Waals surface area contributed by atoms with Gasteiger partial charge in [-0.15, -0.1) is 0 Å². The molecule has 40 heavy (non-hydrogen) atoms. The van der Waals surface area contributed by atoms with Crippen LogP contribution in [0.2, 0.25) is 0 Å². The summed E-state index contributed by atoms with van der Waals surface area (Å²) >= 11 is 0. The van der Waals surface area contributed by atoms with E-state index < -0.39 is 16.1 Å². The molecule has 5 N–H and O–H groups in total. The number of hydrogen-bond acceptors (Lipinski definition) is 10. The first kappa shape index (κ1) is 29.3. The summed E-state index contributed by atoms with van der Waals surface area (Å²) in [4.78, 5) is 10.5. The second kappa shape index (κ2) is 13.6. The number of benzene rings is 3. The van der Waals surface area contributed by atoms with Gasteiger partial charge in [-0.05, 0) is 66.1 Å². The van der Waals surface area contributed by atoms with Gasteiger partial charge in [0.25, 0.3) is 6.47 Å². The molecule has 0 bridgehead atoms. The van der Waals surface area contributed by atoms with Gasteiger partial charge in [0, 0.05) is 12.1 Å². The molecule has 0 spiro atoms. The average Bonchev–Trinajstić information content (AvgIpc) is 2.94. The Labute approximate surface area is 232 Å². The van der Waals surface area contributed by atoms with E-state index in [0.717, 1.165) is 5.56 Å². The number of nitrogens with two attached hydrogens (primary N) is 1. The molecule has 0 aliphatic carbocycles. The van der Waals surface area contributed by atoms with E-state index in [2.05, 4.69) is 5.32 Å². The fourth-order valence-electron chi connectivity index (χ4n) is 4.16. The molecule has 1 aliphatic rings. The normalized spacial score (nSPS) is 15.4. The maximum Gasteiger partial charge on any atom is 0.293 e. The van der Waals surface area contributed by atoms with Crippen LogP contribution in [0.4, 0.5) is 0 Å². The van der Waals surface area contributed by atoms with Crippen molar-refractivity contribution >= 4 is 16.5 Å². The second-order valence-electron chi connectivity index (χ2n) is 9.30. The number of hydrogen-bond donors (Lipinski definition) is 4. The first-order valence-corrected chi connectivity index (χ1v) is 14.1. The summed E-state index contributed by atoms with van der Waals surface area (Å²) in [5.74, 6) is 1.25. The Morgan fingerprint density at radius 2 is 1.93 bits per heavy atom. The summed E-state index contributed by atoms with van der Waals surface area (Å²) in [6.45, 7) is 1.90. The van der Waals surface area contributed by atoms with E-state index in [1.807, 2.05) is 18.2 Å². The summed E-state index contributed by atoms with van der Waals surface area (Å²) in [5.41, 5.74) is 2.71. The summed E-state index contributed by atoms with van der Waals surface area (Å²) < 4.78 is 45.4. The highest BCUT2D eigenvalue weighted by Gasteiger charge is 2.22. The van der Waals surface area contributed by atoms with Crippen molar-refractivity contribution in [2.24, 2.45) is 5.14 Å². The number of aliphatic hydroxyl groups is 1. The van der Waals surface area contributed by atoms with Crippen molar-refractivity contribution in [2.75, 3.05) is 26.3 Å². The third-order valence-corrected chi connectivity index (χ3v) is 7.16. The average molecular weight is 573 g/mol. The number of phenols is 1. The zero-order valence-electron chi connectivity index (χ0n) is 21.7. The van der Waals surface area contributed by atoms with E-state index in [-0.39, 0.29) is 36.6 Å². The lowest BCUT2D eigenvalue weighted by atomic mass is 10.1. The number of nitrogens with one attached hydrogen (secondary N) is 1. The van der Waals surface area contributed by atoms with Crippen LogP contribution in [0, 0.1) is 0 Å². The van der Waals surface area contributed by atoms with Gasteiger partial charge in [0.05, 0.1) is 24.2 Å². The molecule has 1 heterocycles. The molecule has 2 atom stereocenters. The monoisotopic (exact) mass is 572 g/mol. The fourth-order valence-corrected chi connectivity index (χ4v) is 4.74. The summed E-state index contributed by atoms with van der Waals surface area (Å²) in [6.07, 6.45) is -0.456. The van der Waals surface area contributed by atoms with Crippen LogP contribution in [0.1, 0.15) is 28.4 Å². The van der Waals surface area contributed by atoms with Crippen LogP contribution in [0.15, 0.2) is 65.6 Å². The first-order valence-electron chi connectivity index (χ1n) is 12.6. The van der Waals surface area contributed by atoms with Crippen molar-refractivity contribution in [1.82, 2.24) is 5.32 Å². The predicted molar refractivity (Wildman–Crippen MR) is 144 cm³/mol. The van der Waals surface area contributed by atoms with E-state index in [4.69, 9.17) is 24.1 Å². The molecule has 3 aromatic carbocycles. The number of sulfonamides is 1. The highest BCUT2D eigenvalue weighted by Crippen LogP contribution is 2.33. The molecule has 0 aromatic heterocycles. The highest BCUT2D eigenvalue weighted by atomic mass is 32.2. The van der Waals surface area contributed by atoms with Crippen LogP contribution in [0.25, 0.3) is 0 Å². The number of ether oxygens (including phenoxy) is 4. The molecule has 0 saturated heterocycles. The molecule has 1 aliphatic heterocycles. The lowest BCUT2D eigenvalue weighted by Gasteiger charge is -2.27. The molecule has 11 nitrogen and oxygen atoms in total. The van der Waals surface area contributed by atoms with Gasteiger partial charge in [-0.3, -0.25) is 4.79 Å². The number of fused-ring (bicyclic) bond motifs is 1. The first-order chi connectivity index (χ1) is 19.2. The van der Waals surface area contributed by atoms with Crippen LogP contribution in [-0.2, 0) is 43.9 Å². The topological polar surface area (TPSA) is 167 Å². The number of carbonyl (C=O) groups is 1. The lowest BCUT2D eigenvalue weighted by molar-refractivity contribution is -0.129. The Morgan fingerprint density at radius 3 is 2.73 bits per heavy atom. The Balaban J connectivity index is 1.23. The molecule has 0 unspecified atom stereocenters. The third kappa shape index (κ3) is 8.16. The van der Waals surface area contributed by atoms with Crippen LogP contribution >= 0.6 is 0 Å². The van der Waals surface area contributed by atoms with Crippen LogP contribution in [0.5, 0.6) is 17.2 Å². The van der Waals surface area contributed by atoms with Crippen molar-refractivity contribution in [3.05, 3.63) is 82.9 Å². The van der Waals surface area contributed by atoms with Gasteiger partial charge in [-0.2, -0.15) is 0 Å². The fraction of sp³-hybridized carbons (Fsp3) is 0.321. The number of primary sulfonamides is 1. The van der Waals surface area contributed by atoms with Crippen LogP contribution < -0.4 is 19.9 Å². The quantitative estimate of drug-likeness (QED) is 0.166. The lowest BCUT2D eigenvalue weighted by Crippen LogP contribution is -2.33. The van der Waals surface area contributed by atoms with Crippen LogP contribution in [-0.4, -0.2) is 57.5 Å². The Morgan fingerprint density at radius 1 is 1.07 bits per heavy atom. The zero-order valence-corrected chi connectivity index (χ0v) is 22.5. The van der Waals surface area contributed by atoms with E-state index in [9.17, 15) is 23.4 Å². The summed E-state index contributed by atoms with van der Waals surface area (Å²) in [7, 11) is -3.78. The van der Waals surface area contributed by atoms with E-state index in [1.165, 1.54) is 18.2 Å². The third-order valence-electron chi connectivity index (χ3n) is 6.25. The number of phenolic OH excluding ortho intramolecular Hbond substituents is 1. The maximum atomic E-state index is 11.5. The minimum absolute atomic E-state index is 0.00640. The molecule has 12 heteroatoms. The second-order valence-corrected chi connectivity index (χ2v) is 10.9. The van der Waals surface area contributed by atoms with Crippen molar-refractivity contribution in [3.63, 3.8) is 0 Å². The Kier molecular flexibility index (Phi) is 9.96. The largest absolute Gasteiger partial charge is 0.508 e. The van der Waals surface area contributed by atoms with E-state index in [1.54, 1.807) is 24.3 Å². The molecule has 214 valence electrons. The van der Waals surface area contributed by atoms with Crippen molar-refractivity contribution in [2.45, 2.75) is 36.7 Å². The van der Waals surface area contributed by atoms with Gasteiger partial charge in [-0.25, -0.2) is 13.6 Å². The number of aliphatic hydroxyl groups excluding tert-OH is 1. The highest BCUT2D eigenvalue weighted by molar-refractivity contribution is 7.89. The SMILES string of the molecule is NS(=O)(=O)c1cccc(COC[C@@H]2COc3ccc(CCNC[C@H](O)c4ccc(O)c(COC=O)c4)cc3O2)c1. The van der Waals surface area contributed by atoms with Gasteiger partial charge in [-0.1, -0.05) is 24.3 Å². The summed E-state index contributed by atoms with van der Waals surface area (Å²) in [6, 6.07) is 16.7. The minimum Gasteiger partial charge on any atom is -0.508 e. The molecule has 0 radical (unpaired) electrons. The van der Waals surface area contributed by atoms with Gasteiger partial charge in [0.2, 0.25) is 10.0 Å².